The van der Waals surface area contributed by atoms with Crippen molar-refractivity contribution in [1.29, 1.82) is 0 Å². The molecule has 14 heteroatoms. The molecule has 0 aromatic heterocycles. The van der Waals surface area contributed by atoms with Gasteiger partial charge in [-0.1, -0.05) is 0 Å². The minimum atomic E-state index is -5.48. The van der Waals surface area contributed by atoms with E-state index in [-0.39, 0.29) is 5.69 Å². The molecule has 2 aromatic rings. The van der Waals surface area contributed by atoms with Crippen molar-refractivity contribution < 1.29 is 49.5 Å². The van der Waals surface area contributed by atoms with Gasteiger partial charge in [-0.15, -0.1) is 0 Å². The summed E-state index contributed by atoms with van der Waals surface area (Å²) in [5.74, 6) is -7.75. The van der Waals surface area contributed by atoms with Crippen LogP contribution in [-0.4, -0.2) is 37.6 Å². The number of hydrogen-bond donors (Lipinski definition) is 3. The fourth-order valence-corrected chi connectivity index (χ4v) is 3.30. The Morgan fingerprint density at radius 2 is 1.53 bits per heavy atom. The molecule has 162 valence electrons. The molecule has 2 aromatic carbocycles. The minimum absolute atomic E-state index is 0.326. The van der Waals surface area contributed by atoms with Gasteiger partial charge in [0.1, 0.15) is 5.82 Å². The van der Waals surface area contributed by atoms with Gasteiger partial charge < -0.3 is 10.4 Å². The maximum absolute atomic E-state index is 14.0. The first-order valence-corrected chi connectivity index (χ1v) is 9.08. The molecule has 0 aliphatic rings. The number of carboxylic acid groups (broad SMARTS) is 1. The summed E-state index contributed by atoms with van der Waals surface area (Å²) in [6.45, 7) is 0. The summed E-state index contributed by atoms with van der Waals surface area (Å²) in [5, 5.41) is 10.5. The highest BCUT2D eigenvalue weighted by atomic mass is 32.2. The quantitative estimate of drug-likeness (QED) is 0.579. The van der Waals surface area contributed by atoms with Gasteiger partial charge in [-0.25, -0.2) is 21.6 Å². The zero-order chi connectivity index (χ0) is 22.9. The van der Waals surface area contributed by atoms with E-state index in [0.717, 1.165) is 10.8 Å². The zero-order valence-corrected chi connectivity index (χ0v) is 15.1. The number of carbonyl (C=O) groups excluding carboxylic acids is 1. The second-order valence-corrected chi connectivity index (χ2v) is 7.37. The number of carbonyl (C=O) groups is 2. The number of halogens is 6. The fourth-order valence-electron chi connectivity index (χ4n) is 2.10. The Labute approximate surface area is 164 Å². The van der Waals surface area contributed by atoms with Crippen molar-refractivity contribution in [2.24, 2.45) is 0 Å². The van der Waals surface area contributed by atoms with Crippen LogP contribution in [0.1, 0.15) is 10.4 Å². The molecule has 30 heavy (non-hydrogen) atoms. The van der Waals surface area contributed by atoms with Gasteiger partial charge in [-0.2, -0.15) is 17.9 Å². The van der Waals surface area contributed by atoms with Gasteiger partial charge in [-0.3, -0.25) is 9.59 Å². The molecule has 0 aliphatic heterocycles. The Balaban J connectivity index is 2.36. The molecule has 1 atom stereocenters. The minimum Gasteiger partial charge on any atom is -0.480 e. The molecule has 0 aliphatic carbocycles. The van der Waals surface area contributed by atoms with Crippen LogP contribution >= 0.6 is 0 Å². The second-order valence-electron chi connectivity index (χ2n) is 5.66. The Kier molecular flexibility index (Phi) is 6.42. The van der Waals surface area contributed by atoms with Crippen LogP contribution in [-0.2, 0) is 14.8 Å². The average molecular weight is 456 g/mol. The third kappa shape index (κ3) is 5.27. The molecule has 0 spiro atoms. The number of amides is 1. The summed E-state index contributed by atoms with van der Waals surface area (Å²) < 4.78 is 103. The van der Waals surface area contributed by atoms with Crippen LogP contribution in [0.4, 0.5) is 32.0 Å². The maximum Gasteiger partial charge on any atom is 0.415 e. The van der Waals surface area contributed by atoms with Crippen LogP contribution < -0.4 is 10.0 Å². The predicted molar refractivity (Wildman–Crippen MR) is 88.5 cm³/mol. The van der Waals surface area contributed by atoms with Crippen LogP contribution in [0.15, 0.2) is 41.3 Å². The number of hydrogen-bond acceptors (Lipinski definition) is 4. The zero-order valence-electron chi connectivity index (χ0n) is 14.3. The Hall–Kier alpha value is -3.13. The molecular formula is C16H10F6N2O5S. The summed E-state index contributed by atoms with van der Waals surface area (Å²) in [6.07, 6.45) is -5.48. The smallest absolute Gasteiger partial charge is 0.415 e. The second kappa shape index (κ2) is 8.31. The number of benzene rings is 2. The van der Waals surface area contributed by atoms with E-state index in [1.165, 1.54) is 0 Å². The van der Waals surface area contributed by atoms with Gasteiger partial charge in [0, 0.05) is 11.8 Å². The first-order valence-electron chi connectivity index (χ1n) is 7.60. The first-order chi connectivity index (χ1) is 13.7. The average Bonchev–Trinajstić information content (AvgIpc) is 2.62. The Morgan fingerprint density at radius 3 is 2.07 bits per heavy atom. The maximum atomic E-state index is 14.0. The fraction of sp³-hybridized carbons (Fsp3) is 0.125. The molecule has 3 N–H and O–H groups in total. The Morgan fingerprint density at radius 1 is 0.933 bits per heavy atom. The standard InChI is InChI=1S/C16H10F6N2O5S/c17-10-4-2-8(30(28,29)24-13(15(26)27)16(20,21)22)6-9(10)14(25)23-7-1-3-11(18)12(19)5-7/h1-6,13,24H,(H,23,25)(H,26,27)/t13-/m0/s1. The number of sulfonamides is 1. The molecule has 0 fully saturated rings. The number of nitrogens with one attached hydrogen (secondary N) is 2. The largest absolute Gasteiger partial charge is 0.480 e. The van der Waals surface area contributed by atoms with Gasteiger partial charge in [0.05, 0.1) is 10.5 Å². The number of anilines is 1. The highest BCUT2D eigenvalue weighted by Gasteiger charge is 2.47. The van der Waals surface area contributed by atoms with Crippen molar-refractivity contribution in [2.45, 2.75) is 17.1 Å². The van der Waals surface area contributed by atoms with E-state index in [1.807, 2.05) is 5.32 Å². The van der Waals surface area contributed by atoms with Crippen molar-refractivity contribution >= 4 is 27.6 Å². The SMILES string of the molecule is O=C(Nc1ccc(F)c(F)c1)c1cc(S(=O)(=O)N[C@@H](C(=O)O)C(F)(F)F)ccc1F. The number of carboxylic acids is 1. The molecule has 2 rings (SSSR count). The van der Waals surface area contributed by atoms with E-state index in [4.69, 9.17) is 5.11 Å². The van der Waals surface area contributed by atoms with E-state index in [1.54, 1.807) is 0 Å². The van der Waals surface area contributed by atoms with Gasteiger partial charge in [0.15, 0.2) is 11.6 Å². The predicted octanol–water partition coefficient (Wildman–Crippen LogP) is 2.65. The molecule has 0 saturated heterocycles. The molecular weight excluding hydrogens is 446 g/mol. The first kappa shape index (κ1) is 23.2. The third-order valence-corrected chi connectivity index (χ3v) is 4.94. The van der Waals surface area contributed by atoms with Gasteiger partial charge in [-0.05, 0) is 30.3 Å². The van der Waals surface area contributed by atoms with Crippen molar-refractivity contribution in [3.8, 4) is 0 Å². The molecule has 0 saturated carbocycles. The van der Waals surface area contributed by atoms with Crippen LogP contribution in [0.3, 0.4) is 0 Å². The normalized spacial score (nSPS) is 13.0. The lowest BCUT2D eigenvalue weighted by atomic mass is 10.2. The summed E-state index contributed by atoms with van der Waals surface area (Å²) in [7, 11) is -5.15. The molecule has 7 nitrogen and oxygen atoms in total. The van der Waals surface area contributed by atoms with Gasteiger partial charge in [0.2, 0.25) is 16.1 Å². The van der Waals surface area contributed by atoms with Crippen molar-refractivity contribution in [2.75, 3.05) is 5.32 Å². The lowest BCUT2D eigenvalue weighted by molar-refractivity contribution is -0.177. The number of alkyl halides is 3. The molecule has 0 heterocycles. The summed E-state index contributed by atoms with van der Waals surface area (Å²) >= 11 is 0. The van der Waals surface area contributed by atoms with Crippen molar-refractivity contribution in [3.63, 3.8) is 0 Å². The topological polar surface area (TPSA) is 113 Å². The summed E-state index contributed by atoms with van der Waals surface area (Å²) in [4.78, 5) is 21.8. The van der Waals surface area contributed by atoms with Gasteiger partial charge >= 0.3 is 12.1 Å². The summed E-state index contributed by atoms with van der Waals surface area (Å²) in [5.41, 5.74) is -1.30. The van der Waals surface area contributed by atoms with Crippen molar-refractivity contribution in [1.82, 2.24) is 4.72 Å². The lowest BCUT2D eigenvalue weighted by Crippen LogP contribution is -2.50. The van der Waals surface area contributed by atoms with Crippen LogP contribution in [0, 0.1) is 17.5 Å². The van der Waals surface area contributed by atoms with E-state index in [9.17, 15) is 44.3 Å². The molecule has 1 amide bonds. The lowest BCUT2D eigenvalue weighted by Gasteiger charge is -2.18. The highest BCUT2D eigenvalue weighted by molar-refractivity contribution is 7.89. The molecule has 0 bridgehead atoms. The van der Waals surface area contributed by atoms with E-state index >= 15 is 0 Å². The molecule has 0 unspecified atom stereocenters. The third-order valence-electron chi connectivity index (χ3n) is 3.52. The monoisotopic (exact) mass is 456 g/mol. The van der Waals surface area contributed by atoms with E-state index in [0.29, 0.717) is 30.3 Å². The molecule has 0 radical (unpaired) electrons. The Bertz CT molecular complexity index is 1100. The van der Waals surface area contributed by atoms with E-state index < -0.39 is 62.0 Å². The number of rotatable bonds is 6. The van der Waals surface area contributed by atoms with Crippen molar-refractivity contribution in [3.05, 3.63) is 59.4 Å². The van der Waals surface area contributed by atoms with Crippen LogP contribution in [0.25, 0.3) is 0 Å². The van der Waals surface area contributed by atoms with Crippen LogP contribution in [0.2, 0.25) is 0 Å². The highest BCUT2D eigenvalue weighted by Crippen LogP contribution is 2.24. The number of aliphatic carboxylic acids is 1. The van der Waals surface area contributed by atoms with Gasteiger partial charge in [0.25, 0.3) is 5.91 Å². The summed E-state index contributed by atoms with van der Waals surface area (Å²) in [6, 6.07) is -0.0887. The van der Waals surface area contributed by atoms with E-state index in [2.05, 4.69) is 0 Å². The van der Waals surface area contributed by atoms with Crippen LogP contribution in [0.5, 0.6) is 0 Å².